The molecule has 2 aromatic rings. The van der Waals surface area contributed by atoms with Gasteiger partial charge in [-0.3, -0.25) is 4.98 Å². The Morgan fingerprint density at radius 2 is 1.88 bits per heavy atom. The van der Waals surface area contributed by atoms with Gasteiger partial charge in [-0.15, -0.1) is 0 Å². The summed E-state index contributed by atoms with van der Waals surface area (Å²) in [5.74, 6) is 6.45. The van der Waals surface area contributed by atoms with Gasteiger partial charge in [-0.2, -0.15) is 0 Å². The third-order valence-electron chi connectivity index (χ3n) is 2.19. The van der Waals surface area contributed by atoms with Gasteiger partial charge in [0.15, 0.2) is 11.6 Å². The van der Waals surface area contributed by atoms with Crippen molar-refractivity contribution in [3.05, 3.63) is 42.2 Å². The van der Waals surface area contributed by atoms with Gasteiger partial charge >= 0.3 is 0 Å². The molecule has 16 heavy (non-hydrogen) atoms. The number of aromatic nitrogens is 2. The highest BCUT2D eigenvalue weighted by Gasteiger charge is 2.00. The zero-order valence-corrected chi connectivity index (χ0v) is 8.94. The van der Waals surface area contributed by atoms with E-state index in [-0.39, 0.29) is 0 Å². The van der Waals surface area contributed by atoms with Crippen molar-refractivity contribution in [2.75, 3.05) is 10.7 Å². The second-order valence-corrected chi connectivity index (χ2v) is 3.37. The molecule has 0 aliphatic heterocycles. The number of para-hydroxylation sites is 1. The van der Waals surface area contributed by atoms with Crippen LogP contribution in [-0.4, -0.2) is 9.97 Å². The van der Waals surface area contributed by atoms with Crippen LogP contribution in [0.3, 0.4) is 0 Å². The van der Waals surface area contributed by atoms with Crippen LogP contribution in [0.15, 0.2) is 36.7 Å². The maximum Gasteiger partial charge on any atom is 0.160 e. The first-order chi connectivity index (χ1) is 7.79. The summed E-state index contributed by atoms with van der Waals surface area (Å²) in [7, 11) is 0. The first-order valence-electron chi connectivity index (χ1n) is 4.91. The Morgan fingerprint density at radius 1 is 1.12 bits per heavy atom. The van der Waals surface area contributed by atoms with Crippen molar-refractivity contribution in [3.8, 4) is 0 Å². The van der Waals surface area contributed by atoms with Crippen LogP contribution in [0.2, 0.25) is 0 Å². The molecule has 5 nitrogen and oxygen atoms in total. The van der Waals surface area contributed by atoms with E-state index in [2.05, 4.69) is 20.7 Å². The molecule has 0 aliphatic carbocycles. The number of nitrogen functional groups attached to an aromatic ring is 1. The molecule has 82 valence electrons. The molecular formula is C11H13N5. The van der Waals surface area contributed by atoms with Gasteiger partial charge in [0.25, 0.3) is 0 Å². The first kappa shape index (κ1) is 10.4. The molecule has 1 heterocycles. The van der Waals surface area contributed by atoms with Gasteiger partial charge in [0.1, 0.15) is 0 Å². The molecule has 0 aliphatic rings. The molecule has 0 spiro atoms. The Labute approximate surface area is 93.7 Å². The van der Waals surface area contributed by atoms with Crippen LogP contribution in [0, 0.1) is 6.92 Å². The lowest BCUT2D eigenvalue weighted by molar-refractivity contribution is 1.16. The molecule has 0 radical (unpaired) electrons. The smallest absolute Gasteiger partial charge is 0.160 e. The summed E-state index contributed by atoms with van der Waals surface area (Å²) in [5, 5.41) is 3.18. The number of hydrazine groups is 1. The van der Waals surface area contributed by atoms with Crippen LogP contribution < -0.4 is 16.6 Å². The highest BCUT2D eigenvalue weighted by atomic mass is 15.3. The molecule has 0 saturated heterocycles. The minimum absolute atomic E-state index is 0.526. The SMILES string of the molecule is Cc1ccccc1Nc1cncc(NN)n1. The summed E-state index contributed by atoms with van der Waals surface area (Å²) in [6, 6.07) is 7.97. The number of nitrogens with one attached hydrogen (secondary N) is 2. The highest BCUT2D eigenvalue weighted by molar-refractivity contribution is 5.60. The minimum Gasteiger partial charge on any atom is -0.339 e. The Morgan fingerprint density at radius 3 is 2.62 bits per heavy atom. The van der Waals surface area contributed by atoms with E-state index in [9.17, 15) is 0 Å². The Balaban J connectivity index is 2.24. The number of nitrogens with two attached hydrogens (primary N) is 1. The second kappa shape index (κ2) is 4.59. The van der Waals surface area contributed by atoms with Gasteiger partial charge in [-0.1, -0.05) is 18.2 Å². The molecule has 0 fully saturated rings. The fraction of sp³-hybridized carbons (Fsp3) is 0.0909. The fourth-order valence-electron chi connectivity index (χ4n) is 1.35. The van der Waals surface area contributed by atoms with Gasteiger partial charge in [0, 0.05) is 5.69 Å². The van der Waals surface area contributed by atoms with Gasteiger partial charge in [-0.25, -0.2) is 10.8 Å². The van der Waals surface area contributed by atoms with E-state index >= 15 is 0 Å². The summed E-state index contributed by atoms with van der Waals surface area (Å²) in [6.07, 6.45) is 3.20. The van der Waals surface area contributed by atoms with Crippen molar-refractivity contribution in [1.82, 2.24) is 9.97 Å². The number of nitrogens with zero attached hydrogens (tertiary/aromatic N) is 2. The highest BCUT2D eigenvalue weighted by Crippen LogP contribution is 2.18. The quantitative estimate of drug-likeness (QED) is 0.537. The van der Waals surface area contributed by atoms with E-state index in [1.807, 2.05) is 31.2 Å². The number of aryl methyl sites for hydroxylation is 1. The van der Waals surface area contributed by atoms with Crippen LogP contribution >= 0.6 is 0 Å². The van der Waals surface area contributed by atoms with E-state index < -0.39 is 0 Å². The Hall–Kier alpha value is -2.14. The lowest BCUT2D eigenvalue weighted by Gasteiger charge is -2.08. The van der Waals surface area contributed by atoms with Crippen LogP contribution in [0.4, 0.5) is 17.3 Å². The molecule has 1 aromatic carbocycles. The number of rotatable bonds is 3. The second-order valence-electron chi connectivity index (χ2n) is 3.37. The monoisotopic (exact) mass is 215 g/mol. The van der Waals surface area contributed by atoms with Crippen LogP contribution in [0.1, 0.15) is 5.56 Å². The molecule has 0 unspecified atom stereocenters. The maximum atomic E-state index is 5.26. The normalized spacial score (nSPS) is 9.88. The fourth-order valence-corrected chi connectivity index (χ4v) is 1.35. The molecule has 1 aromatic heterocycles. The average Bonchev–Trinajstić information content (AvgIpc) is 2.32. The van der Waals surface area contributed by atoms with Crippen molar-refractivity contribution in [2.24, 2.45) is 5.84 Å². The van der Waals surface area contributed by atoms with Gasteiger partial charge in [0.2, 0.25) is 0 Å². The van der Waals surface area contributed by atoms with Crippen molar-refractivity contribution < 1.29 is 0 Å². The van der Waals surface area contributed by atoms with Crippen molar-refractivity contribution >= 4 is 17.3 Å². The summed E-state index contributed by atoms with van der Waals surface area (Å²) in [6.45, 7) is 2.03. The Kier molecular flexibility index (Phi) is 2.98. The minimum atomic E-state index is 0.526. The maximum absolute atomic E-state index is 5.26. The lowest BCUT2D eigenvalue weighted by Crippen LogP contribution is -2.09. The summed E-state index contributed by atoms with van der Waals surface area (Å²) < 4.78 is 0. The number of anilines is 3. The molecular weight excluding hydrogens is 202 g/mol. The van der Waals surface area contributed by atoms with Gasteiger partial charge in [0.05, 0.1) is 12.4 Å². The zero-order chi connectivity index (χ0) is 11.4. The topological polar surface area (TPSA) is 75.9 Å². The molecule has 0 saturated carbocycles. The Bertz CT molecular complexity index is 483. The van der Waals surface area contributed by atoms with Crippen LogP contribution in [-0.2, 0) is 0 Å². The molecule has 2 rings (SSSR count). The van der Waals surface area contributed by atoms with E-state index in [1.54, 1.807) is 12.4 Å². The van der Waals surface area contributed by atoms with E-state index in [0.29, 0.717) is 11.6 Å². The molecule has 0 atom stereocenters. The van der Waals surface area contributed by atoms with E-state index in [1.165, 1.54) is 0 Å². The van der Waals surface area contributed by atoms with Gasteiger partial charge < -0.3 is 10.7 Å². The number of benzene rings is 1. The van der Waals surface area contributed by atoms with Crippen LogP contribution in [0.5, 0.6) is 0 Å². The summed E-state index contributed by atoms with van der Waals surface area (Å²) >= 11 is 0. The molecule has 5 heteroatoms. The average molecular weight is 215 g/mol. The van der Waals surface area contributed by atoms with E-state index in [4.69, 9.17) is 5.84 Å². The molecule has 4 N–H and O–H groups in total. The predicted molar refractivity (Wildman–Crippen MR) is 64.3 cm³/mol. The first-order valence-corrected chi connectivity index (χ1v) is 4.91. The van der Waals surface area contributed by atoms with Crippen molar-refractivity contribution in [2.45, 2.75) is 6.92 Å². The lowest BCUT2D eigenvalue weighted by atomic mass is 10.2. The zero-order valence-electron chi connectivity index (χ0n) is 8.94. The summed E-state index contributed by atoms with van der Waals surface area (Å²) in [4.78, 5) is 8.23. The number of hydrogen-bond donors (Lipinski definition) is 3. The predicted octanol–water partition coefficient (Wildman–Crippen LogP) is 1.81. The van der Waals surface area contributed by atoms with Gasteiger partial charge in [-0.05, 0) is 18.6 Å². The molecule has 0 bridgehead atoms. The largest absolute Gasteiger partial charge is 0.339 e. The van der Waals surface area contributed by atoms with Crippen molar-refractivity contribution in [1.29, 1.82) is 0 Å². The third kappa shape index (κ3) is 2.26. The third-order valence-corrected chi connectivity index (χ3v) is 2.19. The standard InChI is InChI=1S/C11H13N5/c1-8-4-2-3-5-9(8)14-10-6-13-7-11(15-10)16-12/h2-7H,12H2,1H3,(H2,14,15,16). The number of hydrogen-bond acceptors (Lipinski definition) is 5. The van der Waals surface area contributed by atoms with E-state index in [0.717, 1.165) is 11.3 Å². The van der Waals surface area contributed by atoms with Crippen LogP contribution in [0.25, 0.3) is 0 Å². The molecule has 0 amide bonds. The summed E-state index contributed by atoms with van der Waals surface area (Å²) in [5.41, 5.74) is 4.61. The van der Waals surface area contributed by atoms with Crippen molar-refractivity contribution in [3.63, 3.8) is 0 Å².